The van der Waals surface area contributed by atoms with E-state index in [-0.39, 0.29) is 18.2 Å². The highest BCUT2D eigenvalue weighted by Gasteiger charge is 1.98. The minimum atomic E-state index is -0.195. The van der Waals surface area contributed by atoms with Crippen molar-refractivity contribution >= 4 is 12.4 Å². The minimum Gasteiger partial charge on any atom is -0.307 e. The maximum absolute atomic E-state index is 12.9. The van der Waals surface area contributed by atoms with Crippen LogP contribution in [0.3, 0.4) is 0 Å². The van der Waals surface area contributed by atoms with E-state index >= 15 is 0 Å². The summed E-state index contributed by atoms with van der Waals surface area (Å²) in [7, 11) is 1.90. The molecule has 1 heterocycles. The van der Waals surface area contributed by atoms with Crippen LogP contribution in [-0.2, 0) is 20.1 Å². The summed E-state index contributed by atoms with van der Waals surface area (Å²) in [6.07, 6.45) is 1.76. The van der Waals surface area contributed by atoms with Gasteiger partial charge in [0.05, 0.1) is 5.69 Å². The average Bonchev–Trinajstić information content (AvgIpc) is 2.65. The lowest BCUT2D eigenvalue weighted by Gasteiger charge is -2.05. The molecule has 0 aliphatic heterocycles. The Morgan fingerprint density at radius 1 is 1.29 bits per heavy atom. The second kappa shape index (κ2) is 6.37. The number of halogens is 2. The molecule has 1 N–H and O–H groups in total. The first kappa shape index (κ1) is 13.7. The van der Waals surface area contributed by atoms with Gasteiger partial charge in [-0.15, -0.1) is 12.4 Å². The molecular weight excluding hydrogens is 241 g/mol. The van der Waals surface area contributed by atoms with Gasteiger partial charge in [0.25, 0.3) is 0 Å². The van der Waals surface area contributed by atoms with Crippen LogP contribution in [0, 0.1) is 5.82 Å². The van der Waals surface area contributed by atoms with Gasteiger partial charge in [0, 0.05) is 26.3 Å². The number of nitrogens with one attached hydrogen (secondary N) is 1. The van der Waals surface area contributed by atoms with Gasteiger partial charge in [-0.3, -0.25) is 4.68 Å². The van der Waals surface area contributed by atoms with E-state index in [1.807, 2.05) is 23.9 Å². The lowest BCUT2D eigenvalue weighted by atomic mass is 10.2. The standard InChI is InChI=1S/C12H14FN3.ClH/c1-16-12(5-6-15-16)9-14-8-10-3-2-4-11(13)7-10;/h2-7,14H,8-9H2,1H3;1H. The zero-order chi connectivity index (χ0) is 11.4. The molecule has 0 amide bonds. The predicted molar refractivity (Wildman–Crippen MR) is 67.4 cm³/mol. The summed E-state index contributed by atoms with van der Waals surface area (Å²) in [6.45, 7) is 1.38. The first-order valence-electron chi connectivity index (χ1n) is 5.18. The highest BCUT2D eigenvalue weighted by Crippen LogP contribution is 2.03. The van der Waals surface area contributed by atoms with E-state index in [1.54, 1.807) is 12.3 Å². The van der Waals surface area contributed by atoms with Gasteiger partial charge in [0.2, 0.25) is 0 Å². The van der Waals surface area contributed by atoms with Crippen molar-refractivity contribution in [1.29, 1.82) is 0 Å². The van der Waals surface area contributed by atoms with Gasteiger partial charge >= 0.3 is 0 Å². The van der Waals surface area contributed by atoms with Gasteiger partial charge in [-0.05, 0) is 23.8 Å². The van der Waals surface area contributed by atoms with Crippen molar-refractivity contribution in [3.05, 3.63) is 53.6 Å². The largest absolute Gasteiger partial charge is 0.307 e. The fourth-order valence-electron chi connectivity index (χ4n) is 1.56. The van der Waals surface area contributed by atoms with Crippen LogP contribution in [0.2, 0.25) is 0 Å². The zero-order valence-electron chi connectivity index (χ0n) is 9.56. The summed E-state index contributed by atoms with van der Waals surface area (Å²) in [5, 5.41) is 7.32. The minimum absolute atomic E-state index is 0. The normalized spacial score (nSPS) is 10.0. The van der Waals surface area contributed by atoms with Gasteiger partial charge in [-0.1, -0.05) is 12.1 Å². The third-order valence-corrected chi connectivity index (χ3v) is 2.45. The molecular formula is C12H15ClFN3. The summed E-state index contributed by atoms with van der Waals surface area (Å²) in [5.41, 5.74) is 2.05. The number of benzene rings is 1. The lowest BCUT2D eigenvalue weighted by Crippen LogP contribution is -2.15. The SMILES string of the molecule is Cl.Cn1nccc1CNCc1cccc(F)c1. The van der Waals surface area contributed by atoms with E-state index in [2.05, 4.69) is 10.4 Å². The van der Waals surface area contributed by atoms with Gasteiger partial charge in [0.1, 0.15) is 5.82 Å². The maximum atomic E-state index is 12.9. The van der Waals surface area contributed by atoms with Crippen LogP contribution in [0.1, 0.15) is 11.3 Å². The Bertz CT molecular complexity index is 470. The molecule has 2 aromatic rings. The molecule has 3 nitrogen and oxygen atoms in total. The third-order valence-electron chi connectivity index (χ3n) is 2.45. The molecule has 5 heteroatoms. The summed E-state index contributed by atoms with van der Waals surface area (Å²) in [4.78, 5) is 0. The third kappa shape index (κ3) is 3.84. The van der Waals surface area contributed by atoms with Crippen molar-refractivity contribution in [2.45, 2.75) is 13.1 Å². The van der Waals surface area contributed by atoms with Crippen molar-refractivity contribution in [1.82, 2.24) is 15.1 Å². The molecule has 1 aromatic heterocycles. The molecule has 0 fully saturated rings. The van der Waals surface area contributed by atoms with Crippen LogP contribution < -0.4 is 5.32 Å². The van der Waals surface area contributed by atoms with Crippen LogP contribution in [0.15, 0.2) is 36.5 Å². The Kier molecular flexibility index (Phi) is 5.12. The molecule has 0 bridgehead atoms. The van der Waals surface area contributed by atoms with Crippen molar-refractivity contribution in [2.75, 3.05) is 0 Å². The number of aromatic nitrogens is 2. The first-order chi connectivity index (χ1) is 7.75. The molecule has 0 aliphatic rings. The highest BCUT2D eigenvalue weighted by atomic mass is 35.5. The summed E-state index contributed by atoms with van der Waals surface area (Å²) in [6, 6.07) is 8.56. The fourth-order valence-corrected chi connectivity index (χ4v) is 1.56. The van der Waals surface area contributed by atoms with Crippen LogP contribution in [-0.4, -0.2) is 9.78 Å². The second-order valence-electron chi connectivity index (χ2n) is 3.68. The maximum Gasteiger partial charge on any atom is 0.123 e. The van der Waals surface area contributed by atoms with Crippen molar-refractivity contribution in [2.24, 2.45) is 7.05 Å². The van der Waals surface area contributed by atoms with E-state index in [0.29, 0.717) is 6.54 Å². The Labute approximate surface area is 106 Å². The summed E-state index contributed by atoms with van der Waals surface area (Å²) in [5.74, 6) is -0.195. The molecule has 0 aliphatic carbocycles. The molecule has 0 atom stereocenters. The summed E-state index contributed by atoms with van der Waals surface area (Å²) >= 11 is 0. The molecule has 0 radical (unpaired) electrons. The number of hydrogen-bond donors (Lipinski definition) is 1. The number of aryl methyl sites for hydroxylation is 1. The lowest BCUT2D eigenvalue weighted by molar-refractivity contribution is 0.609. The Hall–Kier alpha value is -1.39. The average molecular weight is 256 g/mol. The molecule has 17 heavy (non-hydrogen) atoms. The molecule has 92 valence electrons. The predicted octanol–water partition coefficient (Wildman–Crippen LogP) is 2.27. The van der Waals surface area contributed by atoms with Gasteiger partial charge in [0.15, 0.2) is 0 Å². The van der Waals surface area contributed by atoms with E-state index in [9.17, 15) is 4.39 Å². The summed E-state index contributed by atoms with van der Waals surface area (Å²) < 4.78 is 14.7. The van der Waals surface area contributed by atoms with E-state index in [1.165, 1.54) is 12.1 Å². The Morgan fingerprint density at radius 2 is 2.12 bits per heavy atom. The number of hydrogen-bond acceptors (Lipinski definition) is 2. The van der Waals surface area contributed by atoms with Gasteiger partial charge < -0.3 is 5.32 Å². The van der Waals surface area contributed by atoms with Crippen LogP contribution in [0.5, 0.6) is 0 Å². The van der Waals surface area contributed by atoms with Crippen molar-refractivity contribution < 1.29 is 4.39 Å². The molecule has 0 saturated heterocycles. The Balaban J connectivity index is 0.00000144. The number of nitrogens with zero attached hydrogens (tertiary/aromatic N) is 2. The molecule has 0 unspecified atom stereocenters. The zero-order valence-corrected chi connectivity index (χ0v) is 10.4. The van der Waals surface area contributed by atoms with Crippen LogP contribution >= 0.6 is 12.4 Å². The van der Waals surface area contributed by atoms with Crippen LogP contribution in [0.4, 0.5) is 4.39 Å². The van der Waals surface area contributed by atoms with Crippen molar-refractivity contribution in [3.63, 3.8) is 0 Å². The second-order valence-corrected chi connectivity index (χ2v) is 3.68. The van der Waals surface area contributed by atoms with E-state index in [4.69, 9.17) is 0 Å². The van der Waals surface area contributed by atoms with Gasteiger partial charge in [-0.25, -0.2) is 4.39 Å². The fraction of sp³-hybridized carbons (Fsp3) is 0.250. The molecule has 1 aromatic carbocycles. The molecule has 0 saturated carbocycles. The Morgan fingerprint density at radius 3 is 2.76 bits per heavy atom. The van der Waals surface area contributed by atoms with E-state index in [0.717, 1.165) is 17.8 Å². The van der Waals surface area contributed by atoms with Gasteiger partial charge in [-0.2, -0.15) is 5.10 Å². The molecule has 2 rings (SSSR count). The quantitative estimate of drug-likeness (QED) is 0.908. The van der Waals surface area contributed by atoms with Crippen molar-refractivity contribution in [3.8, 4) is 0 Å². The smallest absolute Gasteiger partial charge is 0.123 e. The van der Waals surface area contributed by atoms with Crippen LogP contribution in [0.25, 0.3) is 0 Å². The topological polar surface area (TPSA) is 29.9 Å². The molecule has 0 spiro atoms. The highest BCUT2D eigenvalue weighted by molar-refractivity contribution is 5.85. The first-order valence-corrected chi connectivity index (χ1v) is 5.18. The monoisotopic (exact) mass is 255 g/mol. The number of rotatable bonds is 4. The van der Waals surface area contributed by atoms with E-state index < -0.39 is 0 Å².